The molecule has 3 heterocycles. The van der Waals surface area contributed by atoms with Crippen LogP contribution in [0.25, 0.3) is 39.2 Å². The van der Waals surface area contributed by atoms with Gasteiger partial charge in [-0.05, 0) is 24.3 Å². The molecule has 0 spiro atoms. The Hall–Kier alpha value is -3.73. The number of imidazole rings is 1. The van der Waals surface area contributed by atoms with Gasteiger partial charge in [0.25, 0.3) is 5.56 Å². The predicted molar refractivity (Wildman–Crippen MR) is 102 cm³/mol. The lowest BCUT2D eigenvalue weighted by Crippen LogP contribution is -2.11. The number of hydrogen-bond donors (Lipinski definition) is 1. The molecule has 0 radical (unpaired) electrons. The molecule has 0 aliphatic heterocycles. The van der Waals surface area contributed by atoms with Crippen molar-refractivity contribution in [2.24, 2.45) is 0 Å². The largest absolute Gasteiger partial charge is 0.319 e. The van der Waals surface area contributed by atoms with Gasteiger partial charge >= 0.3 is 0 Å². The highest BCUT2D eigenvalue weighted by molar-refractivity contribution is 5.88. The molecule has 0 bridgehead atoms. The third-order valence-electron chi connectivity index (χ3n) is 4.45. The van der Waals surface area contributed by atoms with Crippen molar-refractivity contribution >= 4 is 16.6 Å². The quantitative estimate of drug-likeness (QED) is 0.531. The fourth-order valence-electron chi connectivity index (χ4n) is 3.31. The number of fused-ring (bicyclic) bond motifs is 3. The minimum Gasteiger partial charge on any atom is -0.319 e. The number of nitrogens with one attached hydrogen (secondary N) is 1. The van der Waals surface area contributed by atoms with Crippen molar-refractivity contribution < 1.29 is 0 Å². The molecule has 0 atom stereocenters. The molecule has 5 nitrogen and oxygen atoms in total. The van der Waals surface area contributed by atoms with Gasteiger partial charge in [0.15, 0.2) is 0 Å². The zero-order valence-electron chi connectivity index (χ0n) is 13.8. The van der Waals surface area contributed by atoms with Gasteiger partial charge in [-0.3, -0.25) is 14.2 Å². The molecule has 0 unspecified atom stereocenters. The van der Waals surface area contributed by atoms with Gasteiger partial charge in [0.05, 0.1) is 11.0 Å². The number of aromatic nitrogens is 4. The number of para-hydroxylation sites is 2. The van der Waals surface area contributed by atoms with Crippen LogP contribution in [0.3, 0.4) is 0 Å². The summed E-state index contributed by atoms with van der Waals surface area (Å²) in [6, 6.07) is 21.3. The fourth-order valence-corrected chi connectivity index (χ4v) is 3.31. The van der Waals surface area contributed by atoms with E-state index in [1.54, 1.807) is 12.4 Å². The van der Waals surface area contributed by atoms with Crippen LogP contribution in [0.15, 0.2) is 83.9 Å². The lowest BCUT2D eigenvalue weighted by atomic mass is 10.1. The Morgan fingerprint density at radius 1 is 0.846 bits per heavy atom. The summed E-state index contributed by atoms with van der Waals surface area (Å²) in [6.45, 7) is 0. The summed E-state index contributed by atoms with van der Waals surface area (Å²) in [5, 5.41) is 0. The highest BCUT2D eigenvalue weighted by Gasteiger charge is 2.19. The van der Waals surface area contributed by atoms with Crippen LogP contribution < -0.4 is 5.56 Å². The first kappa shape index (κ1) is 14.6. The summed E-state index contributed by atoms with van der Waals surface area (Å²) in [6.07, 6.45) is 3.49. The van der Waals surface area contributed by atoms with E-state index in [0.29, 0.717) is 17.0 Å². The van der Waals surface area contributed by atoms with Crippen molar-refractivity contribution in [1.82, 2.24) is 19.4 Å². The molecule has 5 rings (SSSR count). The van der Waals surface area contributed by atoms with Crippen LogP contribution in [0.5, 0.6) is 0 Å². The van der Waals surface area contributed by atoms with E-state index in [2.05, 4.69) is 9.97 Å². The number of pyridine rings is 1. The van der Waals surface area contributed by atoms with Crippen LogP contribution >= 0.6 is 0 Å². The average molecular weight is 338 g/mol. The highest BCUT2D eigenvalue weighted by atomic mass is 16.1. The Morgan fingerprint density at radius 2 is 1.62 bits per heavy atom. The zero-order chi connectivity index (χ0) is 17.5. The number of hydrogen-bond acceptors (Lipinski definition) is 3. The average Bonchev–Trinajstić information content (AvgIpc) is 3.11. The van der Waals surface area contributed by atoms with Crippen molar-refractivity contribution in [3.05, 3.63) is 89.5 Å². The number of aromatic amines is 1. The van der Waals surface area contributed by atoms with E-state index in [0.717, 1.165) is 22.2 Å². The van der Waals surface area contributed by atoms with E-state index in [1.807, 2.05) is 71.1 Å². The Morgan fingerprint density at radius 3 is 2.42 bits per heavy atom. The van der Waals surface area contributed by atoms with Gasteiger partial charge < -0.3 is 4.98 Å². The molecular formula is C21H14N4O. The summed E-state index contributed by atoms with van der Waals surface area (Å²) in [5.74, 6) is 0.703. The topological polar surface area (TPSA) is 63.0 Å². The molecule has 1 N–H and O–H groups in total. The second kappa shape index (κ2) is 5.67. The standard InChI is InChI=1S/C21H14N4O/c26-21-19-18(14-7-2-1-3-8-14)24-20(15-9-6-12-22-13-15)25(19)17-11-5-4-10-16(17)23-21/h1-13H,(H,23,26). The first-order valence-corrected chi connectivity index (χ1v) is 8.32. The SMILES string of the molecule is O=c1[nH]c2ccccc2n2c(-c3cccnc3)nc(-c3ccccc3)c12. The van der Waals surface area contributed by atoms with Crippen molar-refractivity contribution in [2.45, 2.75) is 0 Å². The van der Waals surface area contributed by atoms with Gasteiger partial charge in [-0.1, -0.05) is 42.5 Å². The minimum absolute atomic E-state index is 0.162. The van der Waals surface area contributed by atoms with Gasteiger partial charge in [0.2, 0.25) is 0 Å². The normalized spacial score (nSPS) is 11.2. The third-order valence-corrected chi connectivity index (χ3v) is 4.45. The molecule has 0 amide bonds. The monoisotopic (exact) mass is 338 g/mol. The van der Waals surface area contributed by atoms with E-state index in [9.17, 15) is 4.79 Å². The molecule has 0 aliphatic rings. The van der Waals surface area contributed by atoms with Crippen LogP contribution in [0, 0.1) is 0 Å². The summed E-state index contributed by atoms with van der Waals surface area (Å²) < 4.78 is 1.92. The van der Waals surface area contributed by atoms with Crippen LogP contribution in [-0.2, 0) is 0 Å². The van der Waals surface area contributed by atoms with Gasteiger partial charge in [0.1, 0.15) is 17.0 Å². The van der Waals surface area contributed by atoms with E-state index < -0.39 is 0 Å². The van der Waals surface area contributed by atoms with Crippen LogP contribution in [0.1, 0.15) is 0 Å². The van der Waals surface area contributed by atoms with Gasteiger partial charge in [-0.15, -0.1) is 0 Å². The second-order valence-corrected chi connectivity index (χ2v) is 6.05. The van der Waals surface area contributed by atoms with E-state index >= 15 is 0 Å². The number of benzene rings is 2. The first-order valence-electron chi connectivity index (χ1n) is 8.32. The molecule has 26 heavy (non-hydrogen) atoms. The van der Waals surface area contributed by atoms with Crippen molar-refractivity contribution in [2.75, 3.05) is 0 Å². The number of rotatable bonds is 2. The first-order chi connectivity index (χ1) is 12.8. The summed E-state index contributed by atoms with van der Waals surface area (Å²) in [7, 11) is 0. The maximum Gasteiger partial charge on any atom is 0.275 e. The molecular weight excluding hydrogens is 324 g/mol. The fraction of sp³-hybridized carbons (Fsp3) is 0. The van der Waals surface area contributed by atoms with Crippen LogP contribution in [-0.4, -0.2) is 19.4 Å². The van der Waals surface area contributed by atoms with Gasteiger partial charge in [-0.25, -0.2) is 4.98 Å². The molecule has 0 fully saturated rings. The summed E-state index contributed by atoms with van der Waals surface area (Å²) >= 11 is 0. The van der Waals surface area contributed by atoms with E-state index in [1.165, 1.54) is 0 Å². The molecule has 2 aromatic carbocycles. The Kier molecular flexibility index (Phi) is 3.18. The summed E-state index contributed by atoms with van der Waals surface area (Å²) in [4.78, 5) is 24.9. The molecule has 0 aliphatic carbocycles. The molecule has 124 valence electrons. The van der Waals surface area contributed by atoms with Crippen LogP contribution in [0.2, 0.25) is 0 Å². The zero-order valence-corrected chi connectivity index (χ0v) is 13.8. The van der Waals surface area contributed by atoms with E-state index in [-0.39, 0.29) is 5.56 Å². The molecule has 5 heteroatoms. The Labute approximate surface area is 148 Å². The van der Waals surface area contributed by atoms with Crippen molar-refractivity contribution in [3.63, 3.8) is 0 Å². The predicted octanol–water partition coefficient (Wildman–Crippen LogP) is 3.90. The Balaban J connectivity index is 2.00. The maximum absolute atomic E-state index is 12.9. The molecule has 5 aromatic rings. The lowest BCUT2D eigenvalue weighted by molar-refractivity contribution is 1.16. The molecule has 3 aromatic heterocycles. The molecule has 0 saturated heterocycles. The minimum atomic E-state index is -0.162. The van der Waals surface area contributed by atoms with Gasteiger partial charge in [-0.2, -0.15) is 0 Å². The van der Waals surface area contributed by atoms with E-state index in [4.69, 9.17) is 4.98 Å². The third kappa shape index (κ3) is 2.14. The van der Waals surface area contributed by atoms with Crippen molar-refractivity contribution in [3.8, 4) is 22.6 Å². The van der Waals surface area contributed by atoms with Crippen LogP contribution in [0.4, 0.5) is 0 Å². The Bertz CT molecular complexity index is 1290. The lowest BCUT2D eigenvalue weighted by Gasteiger charge is -2.05. The smallest absolute Gasteiger partial charge is 0.275 e. The summed E-state index contributed by atoms with van der Waals surface area (Å²) in [5.41, 5.74) is 4.47. The molecule has 0 saturated carbocycles. The number of H-pyrrole nitrogens is 1. The maximum atomic E-state index is 12.9. The van der Waals surface area contributed by atoms with Crippen molar-refractivity contribution in [1.29, 1.82) is 0 Å². The number of nitrogens with zero attached hydrogens (tertiary/aromatic N) is 3. The highest BCUT2D eigenvalue weighted by Crippen LogP contribution is 2.29. The second-order valence-electron chi connectivity index (χ2n) is 6.05. The van der Waals surface area contributed by atoms with Gasteiger partial charge in [0, 0.05) is 23.5 Å².